The first-order valence-corrected chi connectivity index (χ1v) is 10.1. The van der Waals surface area contributed by atoms with E-state index in [1.807, 2.05) is 6.92 Å². The van der Waals surface area contributed by atoms with Crippen LogP contribution in [-0.2, 0) is 30.5 Å². The third kappa shape index (κ3) is 4.87. The van der Waals surface area contributed by atoms with E-state index in [-0.39, 0.29) is 35.9 Å². The number of benzene rings is 2. The zero-order valence-electron chi connectivity index (χ0n) is 15.5. The van der Waals surface area contributed by atoms with Gasteiger partial charge in [-0.2, -0.15) is 8.42 Å². The van der Waals surface area contributed by atoms with Crippen molar-refractivity contribution < 1.29 is 27.2 Å². The van der Waals surface area contributed by atoms with Crippen molar-refractivity contribution in [2.24, 2.45) is 0 Å². The molecule has 0 N–H and O–H groups in total. The molecule has 0 aromatic heterocycles. The monoisotopic (exact) mass is 418 g/mol. The average Bonchev–Trinajstić information content (AvgIpc) is 3.07. The number of hydroxylamine groups is 2. The van der Waals surface area contributed by atoms with Gasteiger partial charge < -0.3 is 0 Å². The molecule has 9 nitrogen and oxygen atoms in total. The number of hydrogen-bond donors (Lipinski definition) is 0. The van der Waals surface area contributed by atoms with Gasteiger partial charge in [0.2, 0.25) is 0 Å². The molecule has 0 radical (unpaired) electrons. The van der Waals surface area contributed by atoms with Crippen LogP contribution >= 0.6 is 0 Å². The van der Waals surface area contributed by atoms with Gasteiger partial charge in [0.25, 0.3) is 15.8 Å². The number of carbonyl (C=O) groups excluding carboxylic acids is 1. The molecule has 1 aliphatic heterocycles. The second-order valence-corrected chi connectivity index (χ2v) is 8.00. The summed E-state index contributed by atoms with van der Waals surface area (Å²) in [4.78, 5) is 27.1. The third-order valence-electron chi connectivity index (χ3n) is 4.36. The summed E-state index contributed by atoms with van der Waals surface area (Å²) in [7, 11) is -4.05. The van der Waals surface area contributed by atoms with Crippen LogP contribution in [0.2, 0.25) is 0 Å². The predicted octanol–water partition coefficient (Wildman–Crippen LogP) is 2.53. The average molecular weight is 418 g/mol. The van der Waals surface area contributed by atoms with Gasteiger partial charge in [-0.05, 0) is 36.8 Å². The first-order chi connectivity index (χ1) is 13.8. The molecule has 0 aliphatic carbocycles. The summed E-state index contributed by atoms with van der Waals surface area (Å²) in [6.07, 6.45) is -0.772. The summed E-state index contributed by atoms with van der Waals surface area (Å²) >= 11 is 0. The molecule has 3 rings (SSSR count). The fraction of sp³-hybridized carbons (Fsp3) is 0.263. The van der Waals surface area contributed by atoms with Crippen molar-refractivity contribution >= 4 is 21.7 Å². The molecule has 1 unspecified atom stereocenters. The predicted molar refractivity (Wildman–Crippen MR) is 102 cm³/mol. The van der Waals surface area contributed by atoms with Crippen LogP contribution in [0.25, 0.3) is 0 Å². The van der Waals surface area contributed by atoms with Crippen molar-refractivity contribution in [2.75, 3.05) is 6.54 Å². The minimum atomic E-state index is -4.05. The number of rotatable bonds is 7. The van der Waals surface area contributed by atoms with Crippen molar-refractivity contribution in [3.63, 3.8) is 0 Å². The second kappa shape index (κ2) is 8.54. The Kier molecular flexibility index (Phi) is 6.09. The molecule has 0 amide bonds. The maximum Gasteiger partial charge on any atom is 0.297 e. The van der Waals surface area contributed by atoms with Crippen LogP contribution in [0.3, 0.4) is 0 Å². The van der Waals surface area contributed by atoms with E-state index in [4.69, 9.17) is 9.02 Å². The van der Waals surface area contributed by atoms with E-state index in [1.165, 1.54) is 41.5 Å². The van der Waals surface area contributed by atoms with Gasteiger partial charge >= 0.3 is 0 Å². The lowest BCUT2D eigenvalue weighted by Gasteiger charge is -2.18. The van der Waals surface area contributed by atoms with E-state index in [1.54, 1.807) is 18.1 Å². The van der Waals surface area contributed by atoms with Gasteiger partial charge in [-0.3, -0.25) is 19.1 Å². The highest BCUT2D eigenvalue weighted by Gasteiger charge is 2.35. The molecule has 0 bridgehead atoms. The van der Waals surface area contributed by atoms with Crippen LogP contribution in [0.1, 0.15) is 17.5 Å². The number of nitrogens with zero attached hydrogens (tertiary/aromatic N) is 2. The topological polar surface area (TPSA) is 116 Å². The van der Waals surface area contributed by atoms with Gasteiger partial charge in [-0.1, -0.05) is 17.7 Å². The zero-order chi connectivity index (χ0) is 21.0. The van der Waals surface area contributed by atoms with Gasteiger partial charge in [0, 0.05) is 25.1 Å². The summed E-state index contributed by atoms with van der Waals surface area (Å²) in [5.41, 5.74) is 1.46. The van der Waals surface area contributed by atoms with Crippen LogP contribution in [0.4, 0.5) is 5.69 Å². The summed E-state index contributed by atoms with van der Waals surface area (Å²) in [5, 5.41) is 11.9. The van der Waals surface area contributed by atoms with E-state index >= 15 is 0 Å². The standard InChI is InChI=1S/C19H18N2O7S/c1-14-2-8-17(9-3-14)29(25,26)28-19-10-11-20(18(19)12-22)27-13-15-4-6-16(7-5-15)21(23)24/h2-9,19H,10-11,13H2,1H3. The van der Waals surface area contributed by atoms with Gasteiger partial charge in [0.05, 0.1) is 16.4 Å². The van der Waals surface area contributed by atoms with Crippen LogP contribution < -0.4 is 0 Å². The highest BCUT2D eigenvalue weighted by molar-refractivity contribution is 7.86. The molecule has 152 valence electrons. The van der Waals surface area contributed by atoms with E-state index in [2.05, 4.69) is 0 Å². The fourth-order valence-electron chi connectivity index (χ4n) is 2.78. The Morgan fingerprint density at radius 1 is 1.17 bits per heavy atom. The Morgan fingerprint density at radius 3 is 2.41 bits per heavy atom. The first-order valence-electron chi connectivity index (χ1n) is 8.69. The number of nitro benzene ring substituents is 1. The Labute approximate surface area is 167 Å². The smallest absolute Gasteiger partial charge is 0.268 e. The van der Waals surface area contributed by atoms with E-state index in [9.17, 15) is 23.3 Å². The Hall–Kier alpha value is -3.04. The van der Waals surface area contributed by atoms with Crippen LogP contribution in [-0.4, -0.2) is 37.0 Å². The van der Waals surface area contributed by atoms with E-state index in [0.717, 1.165) is 5.56 Å². The van der Waals surface area contributed by atoms with Crippen molar-refractivity contribution in [1.29, 1.82) is 0 Å². The molecule has 2 aromatic carbocycles. The van der Waals surface area contributed by atoms with Crippen molar-refractivity contribution in [3.8, 4) is 0 Å². The molecule has 10 heteroatoms. The van der Waals surface area contributed by atoms with Gasteiger partial charge in [0.15, 0.2) is 11.6 Å². The summed E-state index contributed by atoms with van der Waals surface area (Å²) < 4.78 is 30.1. The summed E-state index contributed by atoms with van der Waals surface area (Å²) in [6, 6.07) is 11.9. The largest absolute Gasteiger partial charge is 0.297 e. The molecule has 0 spiro atoms. The van der Waals surface area contributed by atoms with Crippen LogP contribution in [0, 0.1) is 17.0 Å². The fourth-order valence-corrected chi connectivity index (χ4v) is 3.85. The quantitative estimate of drug-likeness (QED) is 0.291. The lowest BCUT2D eigenvalue weighted by Crippen LogP contribution is -2.24. The number of non-ortho nitro benzene ring substituents is 1. The van der Waals surface area contributed by atoms with E-state index in [0.29, 0.717) is 5.56 Å². The van der Waals surface area contributed by atoms with Crippen molar-refractivity contribution in [2.45, 2.75) is 31.0 Å². The molecule has 1 aliphatic rings. The third-order valence-corrected chi connectivity index (χ3v) is 5.69. The first kappa shape index (κ1) is 20.7. The van der Waals surface area contributed by atoms with Crippen LogP contribution in [0.5, 0.6) is 0 Å². The van der Waals surface area contributed by atoms with E-state index < -0.39 is 21.1 Å². The second-order valence-electron chi connectivity index (χ2n) is 6.43. The molecule has 1 fully saturated rings. The maximum atomic E-state index is 12.5. The molecule has 0 saturated carbocycles. The van der Waals surface area contributed by atoms with Crippen molar-refractivity contribution in [3.05, 3.63) is 75.5 Å². The minimum Gasteiger partial charge on any atom is -0.268 e. The lowest BCUT2D eigenvalue weighted by molar-refractivity contribution is -0.384. The molecule has 29 heavy (non-hydrogen) atoms. The Balaban J connectivity index is 1.64. The highest BCUT2D eigenvalue weighted by Crippen LogP contribution is 2.27. The van der Waals surface area contributed by atoms with Crippen LogP contribution in [0.15, 0.2) is 59.1 Å². The maximum absolute atomic E-state index is 12.5. The summed E-state index contributed by atoms with van der Waals surface area (Å²) in [5.74, 6) is 1.70. The molecule has 2 aromatic rings. The van der Waals surface area contributed by atoms with Gasteiger partial charge in [0.1, 0.15) is 6.10 Å². The number of nitro groups is 1. The Morgan fingerprint density at radius 2 is 1.83 bits per heavy atom. The normalized spacial score (nSPS) is 16.7. The zero-order valence-corrected chi connectivity index (χ0v) is 16.3. The summed E-state index contributed by atoms with van der Waals surface area (Å²) in [6.45, 7) is 2.12. The minimum absolute atomic E-state index is 0.00130. The SMILES string of the molecule is Cc1ccc(S(=O)(=O)OC2CCN(OCc3ccc([N+](=O)[O-])cc3)C2=C=O)cc1. The molecule has 1 saturated heterocycles. The lowest BCUT2D eigenvalue weighted by atomic mass is 10.2. The van der Waals surface area contributed by atoms with Gasteiger partial charge in [-0.25, -0.2) is 9.86 Å². The van der Waals surface area contributed by atoms with Gasteiger partial charge in [-0.15, -0.1) is 0 Å². The molecule has 1 atom stereocenters. The molecular weight excluding hydrogens is 400 g/mol. The Bertz CT molecular complexity index is 1040. The van der Waals surface area contributed by atoms with Crippen molar-refractivity contribution in [1.82, 2.24) is 5.06 Å². The number of aryl methyl sites for hydroxylation is 1. The number of hydrogen-bond acceptors (Lipinski definition) is 8. The highest BCUT2D eigenvalue weighted by atomic mass is 32.2. The molecular formula is C19H18N2O7S. The molecule has 1 heterocycles.